The summed E-state index contributed by atoms with van der Waals surface area (Å²) in [4.78, 5) is 17.4. The first-order valence-electron chi connectivity index (χ1n) is 9.57. The molecule has 1 N–H and O–H groups in total. The Labute approximate surface area is 172 Å². The van der Waals surface area contributed by atoms with E-state index in [1.54, 1.807) is 18.2 Å². The number of carbonyl (C=O) groups is 1. The van der Waals surface area contributed by atoms with Gasteiger partial charge in [-0.05, 0) is 44.0 Å². The molecule has 0 unspecified atom stereocenters. The molecule has 0 bridgehead atoms. The third-order valence-electron chi connectivity index (χ3n) is 4.85. The van der Waals surface area contributed by atoms with Gasteiger partial charge in [0.1, 0.15) is 5.82 Å². The highest BCUT2D eigenvalue weighted by atomic mass is 32.2. The number of hydrogen-bond acceptors (Lipinski definition) is 6. The van der Waals surface area contributed by atoms with Crippen molar-refractivity contribution in [3.05, 3.63) is 54.4 Å². The topological polar surface area (TPSA) is 78.3 Å². The van der Waals surface area contributed by atoms with Gasteiger partial charge in [0.05, 0.1) is 10.9 Å². The number of nitrogens with zero attached hydrogens (tertiary/aromatic N) is 3. The Kier molecular flexibility index (Phi) is 4.63. The van der Waals surface area contributed by atoms with E-state index >= 15 is 0 Å². The first-order valence-corrected chi connectivity index (χ1v) is 10.4. The lowest BCUT2D eigenvalue weighted by Crippen LogP contribution is -2.22. The maximum Gasteiger partial charge on any atom is 0.237 e. The number of aromatic nitrogens is 3. The molecule has 29 heavy (non-hydrogen) atoms. The van der Waals surface area contributed by atoms with E-state index in [1.807, 2.05) is 41.9 Å². The molecule has 3 aromatic rings. The normalized spacial score (nSPS) is 15.9. The van der Waals surface area contributed by atoms with Gasteiger partial charge in [0.15, 0.2) is 11.5 Å². The Balaban J connectivity index is 1.30. The highest BCUT2D eigenvalue weighted by molar-refractivity contribution is 8.00. The number of fused-ring (bicyclic) bond motifs is 1. The minimum absolute atomic E-state index is 0.113. The van der Waals surface area contributed by atoms with Crippen molar-refractivity contribution in [3.63, 3.8) is 0 Å². The highest BCUT2D eigenvalue weighted by Crippen LogP contribution is 2.40. The standard InChI is InChI=1S/C21H20N4O3S/c1-13(20(26)22-15-9-10-17-18(11-15)28-12-27-17)29-21-23-19(14-7-8-14)25(24-21)16-5-3-2-4-6-16/h2-6,9-11,13-14H,7-8,12H2,1H3,(H,22,26)/t13-/m0/s1. The number of carbonyl (C=O) groups excluding carboxylic acids is 1. The first kappa shape index (κ1) is 18.1. The highest BCUT2D eigenvalue weighted by Gasteiger charge is 2.31. The second-order valence-electron chi connectivity index (χ2n) is 7.09. The van der Waals surface area contributed by atoms with Gasteiger partial charge < -0.3 is 14.8 Å². The van der Waals surface area contributed by atoms with Crippen LogP contribution in [0.5, 0.6) is 11.5 Å². The van der Waals surface area contributed by atoms with E-state index in [-0.39, 0.29) is 18.0 Å². The molecule has 1 aliphatic heterocycles. The van der Waals surface area contributed by atoms with Crippen LogP contribution in [0.1, 0.15) is 31.5 Å². The van der Waals surface area contributed by atoms with Crippen molar-refractivity contribution >= 4 is 23.4 Å². The number of thioether (sulfide) groups is 1. The summed E-state index contributed by atoms with van der Waals surface area (Å²) >= 11 is 1.36. The van der Waals surface area contributed by atoms with Gasteiger partial charge in [-0.25, -0.2) is 9.67 Å². The van der Waals surface area contributed by atoms with Gasteiger partial charge in [-0.2, -0.15) is 0 Å². The van der Waals surface area contributed by atoms with E-state index in [0.717, 1.165) is 24.4 Å². The number of para-hydroxylation sites is 1. The van der Waals surface area contributed by atoms with Gasteiger partial charge in [0.25, 0.3) is 0 Å². The zero-order valence-corrected chi connectivity index (χ0v) is 16.7. The molecule has 5 rings (SSSR count). The molecule has 1 aromatic heterocycles. The molecule has 1 amide bonds. The molecule has 0 radical (unpaired) electrons. The Morgan fingerprint density at radius 1 is 1.17 bits per heavy atom. The minimum atomic E-state index is -0.348. The van der Waals surface area contributed by atoms with E-state index in [9.17, 15) is 4.79 Å². The van der Waals surface area contributed by atoms with Crippen molar-refractivity contribution in [2.24, 2.45) is 0 Å². The molecular weight excluding hydrogens is 388 g/mol. The quantitative estimate of drug-likeness (QED) is 0.622. The van der Waals surface area contributed by atoms with E-state index < -0.39 is 0 Å². The largest absolute Gasteiger partial charge is 0.454 e. The molecule has 148 valence electrons. The number of ether oxygens (including phenoxy) is 2. The number of amides is 1. The first-order chi connectivity index (χ1) is 14.2. The SMILES string of the molecule is C[C@H](Sc1nc(C2CC2)n(-c2ccccc2)n1)C(=O)Nc1ccc2c(c1)OCO2. The summed E-state index contributed by atoms with van der Waals surface area (Å²) in [5.41, 5.74) is 1.67. The fourth-order valence-corrected chi connectivity index (χ4v) is 3.91. The van der Waals surface area contributed by atoms with Gasteiger partial charge in [-0.3, -0.25) is 4.79 Å². The van der Waals surface area contributed by atoms with E-state index in [1.165, 1.54) is 11.8 Å². The molecule has 1 fully saturated rings. The number of anilines is 1. The lowest BCUT2D eigenvalue weighted by Gasteiger charge is -2.10. The van der Waals surface area contributed by atoms with Gasteiger partial charge in [-0.15, -0.1) is 5.10 Å². The van der Waals surface area contributed by atoms with Crippen LogP contribution in [-0.4, -0.2) is 32.7 Å². The average Bonchev–Trinajstić information content (AvgIpc) is 3.33. The summed E-state index contributed by atoms with van der Waals surface area (Å²) in [6, 6.07) is 15.4. The molecule has 0 saturated heterocycles. The van der Waals surface area contributed by atoms with Gasteiger partial charge in [0.2, 0.25) is 17.9 Å². The lowest BCUT2D eigenvalue weighted by atomic mass is 10.2. The van der Waals surface area contributed by atoms with Crippen molar-refractivity contribution in [1.82, 2.24) is 14.8 Å². The van der Waals surface area contributed by atoms with E-state index in [2.05, 4.69) is 10.4 Å². The Bertz CT molecular complexity index is 1050. The maximum absolute atomic E-state index is 12.7. The number of hydrogen-bond donors (Lipinski definition) is 1. The summed E-state index contributed by atoms with van der Waals surface area (Å²) in [5.74, 6) is 2.64. The van der Waals surface area contributed by atoms with Gasteiger partial charge in [0, 0.05) is 17.7 Å². The van der Waals surface area contributed by atoms with Crippen LogP contribution in [0.25, 0.3) is 5.69 Å². The molecule has 1 saturated carbocycles. The van der Waals surface area contributed by atoms with Gasteiger partial charge >= 0.3 is 0 Å². The third kappa shape index (κ3) is 3.80. The molecule has 2 heterocycles. The van der Waals surface area contributed by atoms with Crippen LogP contribution in [-0.2, 0) is 4.79 Å². The Morgan fingerprint density at radius 3 is 2.76 bits per heavy atom. The van der Waals surface area contributed by atoms with Crippen LogP contribution in [0.3, 0.4) is 0 Å². The molecule has 2 aromatic carbocycles. The van der Waals surface area contributed by atoms with Crippen LogP contribution in [0.15, 0.2) is 53.7 Å². The molecule has 0 spiro atoms. The van der Waals surface area contributed by atoms with E-state index in [0.29, 0.717) is 28.3 Å². The predicted octanol–water partition coefficient (Wildman–Crippen LogP) is 3.99. The summed E-state index contributed by atoms with van der Waals surface area (Å²) in [6.45, 7) is 2.06. The fourth-order valence-electron chi connectivity index (χ4n) is 3.15. The average molecular weight is 408 g/mol. The fraction of sp³-hybridized carbons (Fsp3) is 0.286. The molecule has 1 atom stereocenters. The molecular formula is C21H20N4O3S. The molecule has 1 aliphatic carbocycles. The van der Waals surface area contributed by atoms with Crippen LogP contribution >= 0.6 is 11.8 Å². The van der Waals surface area contributed by atoms with Crippen molar-refractivity contribution in [2.75, 3.05) is 12.1 Å². The van der Waals surface area contributed by atoms with Crippen LogP contribution in [0.4, 0.5) is 5.69 Å². The second kappa shape index (κ2) is 7.44. The Hall–Kier alpha value is -3.00. The van der Waals surface area contributed by atoms with Crippen LogP contribution < -0.4 is 14.8 Å². The van der Waals surface area contributed by atoms with Crippen molar-refractivity contribution in [2.45, 2.75) is 36.1 Å². The van der Waals surface area contributed by atoms with E-state index in [4.69, 9.17) is 14.5 Å². The molecule has 8 heteroatoms. The van der Waals surface area contributed by atoms with Crippen LogP contribution in [0, 0.1) is 0 Å². The summed E-state index contributed by atoms with van der Waals surface area (Å²) in [7, 11) is 0. The number of rotatable bonds is 6. The zero-order valence-electron chi connectivity index (χ0n) is 15.9. The monoisotopic (exact) mass is 408 g/mol. The van der Waals surface area contributed by atoms with Crippen molar-refractivity contribution in [3.8, 4) is 17.2 Å². The van der Waals surface area contributed by atoms with Crippen molar-refractivity contribution in [1.29, 1.82) is 0 Å². The van der Waals surface area contributed by atoms with Gasteiger partial charge in [-0.1, -0.05) is 30.0 Å². The maximum atomic E-state index is 12.7. The lowest BCUT2D eigenvalue weighted by molar-refractivity contribution is -0.115. The Morgan fingerprint density at radius 2 is 1.97 bits per heavy atom. The number of benzene rings is 2. The predicted molar refractivity (Wildman–Crippen MR) is 110 cm³/mol. The molecule has 7 nitrogen and oxygen atoms in total. The minimum Gasteiger partial charge on any atom is -0.454 e. The van der Waals surface area contributed by atoms with Crippen molar-refractivity contribution < 1.29 is 14.3 Å². The summed E-state index contributed by atoms with van der Waals surface area (Å²) in [6.07, 6.45) is 2.27. The third-order valence-corrected chi connectivity index (χ3v) is 5.80. The summed E-state index contributed by atoms with van der Waals surface area (Å²) in [5, 5.41) is 7.86. The summed E-state index contributed by atoms with van der Waals surface area (Å²) < 4.78 is 12.6. The second-order valence-corrected chi connectivity index (χ2v) is 8.40. The van der Waals surface area contributed by atoms with Crippen LogP contribution in [0.2, 0.25) is 0 Å². The molecule has 2 aliphatic rings. The number of nitrogens with one attached hydrogen (secondary N) is 1. The zero-order chi connectivity index (χ0) is 19.8. The smallest absolute Gasteiger partial charge is 0.237 e.